The second kappa shape index (κ2) is 2.92. The Balaban J connectivity index is 2.48. The summed E-state index contributed by atoms with van der Waals surface area (Å²) in [7, 11) is 0. The monoisotopic (exact) mass is 199 g/mol. The van der Waals surface area contributed by atoms with E-state index in [0.717, 1.165) is 12.5 Å². The molecule has 3 N–H and O–H groups in total. The highest BCUT2D eigenvalue weighted by atomic mass is 19.1. The molecule has 0 bridgehead atoms. The maximum Gasteiger partial charge on any atom is 0.167 e. The molecule has 2 nitrogen and oxygen atoms in total. The zero-order chi connectivity index (χ0) is 10.3. The van der Waals surface area contributed by atoms with Gasteiger partial charge in [0.25, 0.3) is 0 Å². The van der Waals surface area contributed by atoms with E-state index in [0.29, 0.717) is 18.9 Å². The van der Waals surface area contributed by atoms with Gasteiger partial charge in [0.2, 0.25) is 0 Å². The molecule has 0 aliphatic heterocycles. The van der Waals surface area contributed by atoms with E-state index in [2.05, 4.69) is 0 Å². The van der Waals surface area contributed by atoms with Crippen molar-refractivity contribution in [1.82, 2.24) is 0 Å². The molecule has 1 saturated carbocycles. The van der Waals surface area contributed by atoms with Crippen molar-refractivity contribution in [3.8, 4) is 5.75 Å². The van der Waals surface area contributed by atoms with Crippen LogP contribution < -0.4 is 5.73 Å². The zero-order valence-corrected chi connectivity index (χ0v) is 7.56. The van der Waals surface area contributed by atoms with Crippen LogP contribution in [-0.4, -0.2) is 5.11 Å². The molecule has 4 heteroatoms. The van der Waals surface area contributed by atoms with E-state index >= 15 is 0 Å². The third-order valence-electron chi connectivity index (χ3n) is 2.82. The number of rotatable bonds is 1. The van der Waals surface area contributed by atoms with Crippen LogP contribution in [0.25, 0.3) is 0 Å². The lowest BCUT2D eigenvalue weighted by Gasteiger charge is -2.38. The van der Waals surface area contributed by atoms with Gasteiger partial charge in [0.05, 0.1) is 0 Å². The molecule has 0 amide bonds. The van der Waals surface area contributed by atoms with Crippen LogP contribution in [0.3, 0.4) is 0 Å². The minimum Gasteiger partial charge on any atom is -0.505 e. The number of aromatic hydroxyl groups is 1. The standard InChI is InChI=1S/C10H11F2NO/c11-7-5-8(12)9(14)4-6(7)10(13)2-1-3-10/h4-5,14H,1-3,13H2. The first kappa shape index (κ1) is 9.40. The zero-order valence-electron chi connectivity index (χ0n) is 7.56. The smallest absolute Gasteiger partial charge is 0.167 e. The van der Waals surface area contributed by atoms with Crippen molar-refractivity contribution >= 4 is 0 Å². The van der Waals surface area contributed by atoms with Gasteiger partial charge in [-0.05, 0) is 25.3 Å². The van der Waals surface area contributed by atoms with Crippen LogP contribution in [0.4, 0.5) is 8.78 Å². The molecule has 2 rings (SSSR count). The van der Waals surface area contributed by atoms with Crippen molar-refractivity contribution in [2.24, 2.45) is 5.73 Å². The normalized spacial score (nSPS) is 19.1. The highest BCUT2D eigenvalue weighted by Gasteiger charge is 2.37. The Morgan fingerprint density at radius 1 is 1.21 bits per heavy atom. The summed E-state index contributed by atoms with van der Waals surface area (Å²) in [5, 5.41) is 9.11. The Morgan fingerprint density at radius 2 is 1.86 bits per heavy atom. The molecule has 0 spiro atoms. The van der Waals surface area contributed by atoms with Crippen LogP contribution in [0.1, 0.15) is 24.8 Å². The fraction of sp³-hybridized carbons (Fsp3) is 0.400. The lowest BCUT2D eigenvalue weighted by Crippen LogP contribution is -2.44. The van der Waals surface area contributed by atoms with E-state index in [-0.39, 0.29) is 5.56 Å². The third-order valence-corrected chi connectivity index (χ3v) is 2.82. The average molecular weight is 199 g/mol. The van der Waals surface area contributed by atoms with Gasteiger partial charge in [0.15, 0.2) is 11.6 Å². The summed E-state index contributed by atoms with van der Waals surface area (Å²) in [5.74, 6) is -2.17. The Kier molecular flexibility index (Phi) is 1.96. The minimum absolute atomic E-state index is 0.211. The topological polar surface area (TPSA) is 46.2 Å². The molecule has 1 aliphatic rings. The highest BCUT2D eigenvalue weighted by molar-refractivity contribution is 5.36. The summed E-state index contributed by atoms with van der Waals surface area (Å²) in [6, 6.07) is 1.77. The van der Waals surface area contributed by atoms with Crippen LogP contribution in [0.15, 0.2) is 12.1 Å². The summed E-state index contributed by atoms with van der Waals surface area (Å²) in [5.41, 5.74) is 5.37. The molecule has 0 heterocycles. The van der Waals surface area contributed by atoms with Gasteiger partial charge in [-0.1, -0.05) is 0 Å². The number of phenolic OH excluding ortho intramolecular Hbond substituents is 1. The van der Waals surface area contributed by atoms with Gasteiger partial charge in [-0.15, -0.1) is 0 Å². The van der Waals surface area contributed by atoms with Crippen molar-refractivity contribution in [3.63, 3.8) is 0 Å². The van der Waals surface area contributed by atoms with Crippen molar-refractivity contribution in [2.75, 3.05) is 0 Å². The predicted octanol–water partition coefficient (Wildman–Crippen LogP) is 2.01. The molecular formula is C10H11F2NO. The SMILES string of the molecule is NC1(c2cc(O)c(F)cc2F)CCC1. The second-order valence-corrected chi connectivity index (χ2v) is 3.79. The number of phenols is 1. The Bertz CT molecular complexity index is 375. The first-order valence-electron chi connectivity index (χ1n) is 4.50. The number of halogens is 2. The first-order valence-corrected chi connectivity index (χ1v) is 4.50. The average Bonchev–Trinajstić information content (AvgIpc) is 2.07. The van der Waals surface area contributed by atoms with Gasteiger partial charge < -0.3 is 10.8 Å². The predicted molar refractivity (Wildman–Crippen MR) is 47.7 cm³/mol. The first-order chi connectivity index (χ1) is 6.53. The van der Waals surface area contributed by atoms with Crippen molar-refractivity contribution in [3.05, 3.63) is 29.3 Å². The molecule has 0 unspecified atom stereocenters. The van der Waals surface area contributed by atoms with E-state index in [1.807, 2.05) is 0 Å². The lowest BCUT2D eigenvalue weighted by atomic mass is 9.72. The summed E-state index contributed by atoms with van der Waals surface area (Å²) in [4.78, 5) is 0. The second-order valence-electron chi connectivity index (χ2n) is 3.79. The number of nitrogens with two attached hydrogens (primary N) is 1. The van der Waals surface area contributed by atoms with E-state index in [9.17, 15) is 8.78 Å². The van der Waals surface area contributed by atoms with Gasteiger partial charge in [0, 0.05) is 17.2 Å². The summed E-state index contributed by atoms with van der Waals surface area (Å²) in [6.07, 6.45) is 2.29. The van der Waals surface area contributed by atoms with Crippen LogP contribution in [-0.2, 0) is 5.54 Å². The Hall–Kier alpha value is -1.16. The molecule has 0 radical (unpaired) electrons. The minimum atomic E-state index is -0.950. The maximum atomic E-state index is 13.3. The van der Waals surface area contributed by atoms with Gasteiger partial charge in [-0.25, -0.2) is 8.78 Å². The molecule has 0 saturated heterocycles. The van der Waals surface area contributed by atoms with Gasteiger partial charge in [0.1, 0.15) is 5.82 Å². The number of hydrogen-bond donors (Lipinski definition) is 2. The van der Waals surface area contributed by atoms with Crippen LogP contribution in [0.5, 0.6) is 5.75 Å². The molecule has 1 aliphatic carbocycles. The third kappa shape index (κ3) is 1.26. The fourth-order valence-corrected chi connectivity index (χ4v) is 1.75. The summed E-state index contributed by atoms with van der Waals surface area (Å²) >= 11 is 0. The van der Waals surface area contributed by atoms with E-state index in [1.54, 1.807) is 0 Å². The maximum absolute atomic E-state index is 13.3. The summed E-state index contributed by atoms with van der Waals surface area (Å²) < 4.78 is 26.1. The van der Waals surface area contributed by atoms with Gasteiger partial charge in [-0.3, -0.25) is 0 Å². The quantitative estimate of drug-likeness (QED) is 0.726. The molecule has 1 fully saturated rings. The fourth-order valence-electron chi connectivity index (χ4n) is 1.75. The van der Waals surface area contributed by atoms with Crippen molar-refractivity contribution in [2.45, 2.75) is 24.8 Å². The Morgan fingerprint density at radius 3 is 2.36 bits per heavy atom. The number of hydrogen-bond acceptors (Lipinski definition) is 2. The molecule has 76 valence electrons. The molecular weight excluding hydrogens is 188 g/mol. The van der Waals surface area contributed by atoms with E-state index < -0.39 is 22.9 Å². The molecule has 14 heavy (non-hydrogen) atoms. The van der Waals surface area contributed by atoms with Gasteiger partial charge >= 0.3 is 0 Å². The van der Waals surface area contributed by atoms with E-state index in [4.69, 9.17) is 10.8 Å². The molecule has 0 atom stereocenters. The van der Waals surface area contributed by atoms with Crippen molar-refractivity contribution in [1.29, 1.82) is 0 Å². The van der Waals surface area contributed by atoms with Gasteiger partial charge in [-0.2, -0.15) is 0 Å². The van der Waals surface area contributed by atoms with E-state index in [1.165, 1.54) is 0 Å². The largest absolute Gasteiger partial charge is 0.505 e. The molecule has 0 aromatic heterocycles. The van der Waals surface area contributed by atoms with Crippen LogP contribution >= 0.6 is 0 Å². The van der Waals surface area contributed by atoms with Crippen LogP contribution in [0, 0.1) is 11.6 Å². The molecule has 1 aromatic rings. The number of benzene rings is 1. The van der Waals surface area contributed by atoms with Crippen molar-refractivity contribution < 1.29 is 13.9 Å². The van der Waals surface area contributed by atoms with Crippen LogP contribution in [0.2, 0.25) is 0 Å². The Labute approximate surface area is 80.4 Å². The lowest BCUT2D eigenvalue weighted by molar-refractivity contribution is 0.243. The molecule has 1 aromatic carbocycles. The summed E-state index contributed by atoms with van der Waals surface area (Å²) in [6.45, 7) is 0. The highest BCUT2D eigenvalue weighted by Crippen LogP contribution is 2.41.